The number of rotatable bonds is 7. The highest BCUT2D eigenvalue weighted by atomic mass is 15.3. The highest BCUT2D eigenvalue weighted by molar-refractivity contribution is 5.57. The molecular formula is C14H22N6. The van der Waals surface area contributed by atoms with Crippen molar-refractivity contribution in [2.45, 2.75) is 33.7 Å². The fraction of sp³-hybridized carbons (Fsp3) is 0.500. The molecular weight excluding hydrogens is 252 g/mol. The monoisotopic (exact) mass is 274 g/mol. The van der Waals surface area contributed by atoms with Crippen LogP contribution in [0.15, 0.2) is 18.5 Å². The molecule has 0 saturated heterocycles. The van der Waals surface area contributed by atoms with Crippen molar-refractivity contribution in [3.63, 3.8) is 0 Å². The lowest BCUT2D eigenvalue weighted by Gasteiger charge is -2.14. The van der Waals surface area contributed by atoms with E-state index >= 15 is 0 Å². The number of hydrogen-bond acceptors (Lipinski definition) is 5. The fourth-order valence-corrected chi connectivity index (χ4v) is 1.95. The molecule has 6 heteroatoms. The van der Waals surface area contributed by atoms with Crippen LogP contribution in [0.2, 0.25) is 0 Å². The van der Waals surface area contributed by atoms with Crippen LogP contribution in [0.4, 0.5) is 11.6 Å². The lowest BCUT2D eigenvalue weighted by Crippen LogP contribution is -2.15. The Balaban J connectivity index is 2.07. The molecule has 0 aliphatic rings. The summed E-state index contributed by atoms with van der Waals surface area (Å²) in [4.78, 5) is 9.08. The van der Waals surface area contributed by atoms with Crippen molar-refractivity contribution in [1.82, 2.24) is 19.7 Å². The topological polar surface area (TPSA) is 67.7 Å². The molecule has 0 spiro atoms. The molecule has 0 atom stereocenters. The molecule has 0 aliphatic heterocycles. The summed E-state index contributed by atoms with van der Waals surface area (Å²) in [7, 11) is 0. The fourth-order valence-electron chi connectivity index (χ4n) is 1.95. The maximum absolute atomic E-state index is 4.56. The van der Waals surface area contributed by atoms with Crippen LogP contribution < -0.4 is 10.6 Å². The van der Waals surface area contributed by atoms with Gasteiger partial charge in [-0.15, -0.1) is 0 Å². The standard InChI is InChI=1S/C14H22N6/c1-4-12-18-13(15-5-2)11(3)14(19-12)16-8-10-20-9-6-7-17-20/h6-7,9H,4-5,8,10H2,1-3H3,(H2,15,16,18,19). The third-order valence-corrected chi connectivity index (χ3v) is 3.05. The zero-order valence-electron chi connectivity index (χ0n) is 12.3. The van der Waals surface area contributed by atoms with Gasteiger partial charge in [0.25, 0.3) is 0 Å². The van der Waals surface area contributed by atoms with E-state index in [1.165, 1.54) is 0 Å². The highest BCUT2D eigenvalue weighted by Gasteiger charge is 2.09. The van der Waals surface area contributed by atoms with Crippen LogP contribution in [-0.2, 0) is 13.0 Å². The van der Waals surface area contributed by atoms with Gasteiger partial charge in [-0.25, -0.2) is 9.97 Å². The summed E-state index contributed by atoms with van der Waals surface area (Å²) in [5.74, 6) is 2.68. The molecule has 0 saturated carbocycles. The first-order valence-electron chi connectivity index (χ1n) is 7.07. The van der Waals surface area contributed by atoms with E-state index in [-0.39, 0.29) is 0 Å². The summed E-state index contributed by atoms with van der Waals surface area (Å²) in [6.45, 7) is 8.62. The minimum Gasteiger partial charge on any atom is -0.370 e. The van der Waals surface area contributed by atoms with Crippen LogP contribution in [0.3, 0.4) is 0 Å². The number of nitrogens with one attached hydrogen (secondary N) is 2. The molecule has 20 heavy (non-hydrogen) atoms. The molecule has 2 heterocycles. The summed E-state index contributed by atoms with van der Waals surface area (Å²) >= 11 is 0. The molecule has 0 amide bonds. The van der Waals surface area contributed by atoms with Crippen molar-refractivity contribution >= 4 is 11.6 Å². The Labute approximate surface area is 119 Å². The van der Waals surface area contributed by atoms with E-state index in [2.05, 4.69) is 39.5 Å². The van der Waals surface area contributed by atoms with Crippen LogP contribution >= 0.6 is 0 Å². The second kappa shape index (κ2) is 6.88. The predicted molar refractivity (Wildman–Crippen MR) is 81.0 cm³/mol. The average Bonchev–Trinajstić information content (AvgIpc) is 2.96. The van der Waals surface area contributed by atoms with Crippen molar-refractivity contribution in [2.24, 2.45) is 0 Å². The molecule has 0 aromatic carbocycles. The molecule has 0 aliphatic carbocycles. The summed E-state index contributed by atoms with van der Waals surface area (Å²) in [5, 5.41) is 10.8. The normalized spacial score (nSPS) is 10.6. The van der Waals surface area contributed by atoms with Gasteiger partial charge in [0.15, 0.2) is 0 Å². The predicted octanol–water partition coefficient (Wildman–Crippen LogP) is 2.09. The number of aromatic nitrogens is 4. The average molecular weight is 274 g/mol. The molecule has 2 aromatic heterocycles. The van der Waals surface area contributed by atoms with Crippen LogP contribution in [0.1, 0.15) is 25.2 Å². The number of aryl methyl sites for hydroxylation is 1. The van der Waals surface area contributed by atoms with Gasteiger partial charge in [0.05, 0.1) is 6.54 Å². The largest absolute Gasteiger partial charge is 0.370 e. The Bertz CT molecular complexity index is 535. The number of anilines is 2. The second-order valence-electron chi connectivity index (χ2n) is 4.54. The van der Waals surface area contributed by atoms with Crippen molar-refractivity contribution in [3.05, 3.63) is 29.8 Å². The van der Waals surface area contributed by atoms with Crippen LogP contribution in [0.25, 0.3) is 0 Å². The van der Waals surface area contributed by atoms with E-state index in [9.17, 15) is 0 Å². The molecule has 2 aromatic rings. The maximum atomic E-state index is 4.56. The number of nitrogens with zero attached hydrogens (tertiary/aromatic N) is 4. The van der Waals surface area contributed by atoms with Gasteiger partial charge < -0.3 is 10.6 Å². The third-order valence-electron chi connectivity index (χ3n) is 3.05. The third kappa shape index (κ3) is 3.46. The molecule has 0 bridgehead atoms. The molecule has 108 valence electrons. The second-order valence-corrected chi connectivity index (χ2v) is 4.54. The Morgan fingerprint density at radius 1 is 1.15 bits per heavy atom. The smallest absolute Gasteiger partial charge is 0.134 e. The van der Waals surface area contributed by atoms with E-state index in [0.29, 0.717) is 0 Å². The van der Waals surface area contributed by atoms with Gasteiger partial charge in [0.1, 0.15) is 17.5 Å². The van der Waals surface area contributed by atoms with E-state index in [0.717, 1.165) is 49.1 Å². The molecule has 0 unspecified atom stereocenters. The van der Waals surface area contributed by atoms with Crippen molar-refractivity contribution in [1.29, 1.82) is 0 Å². The van der Waals surface area contributed by atoms with Gasteiger partial charge in [-0.3, -0.25) is 4.68 Å². The van der Waals surface area contributed by atoms with Gasteiger partial charge in [-0.1, -0.05) is 6.92 Å². The first-order valence-corrected chi connectivity index (χ1v) is 7.07. The molecule has 0 fully saturated rings. The minimum atomic E-state index is 0.786. The van der Waals surface area contributed by atoms with Crippen molar-refractivity contribution < 1.29 is 0 Å². The van der Waals surface area contributed by atoms with Crippen molar-refractivity contribution in [3.8, 4) is 0 Å². The Kier molecular flexibility index (Phi) is 4.92. The van der Waals surface area contributed by atoms with E-state index in [1.54, 1.807) is 6.20 Å². The first-order chi connectivity index (χ1) is 9.74. The lowest BCUT2D eigenvalue weighted by molar-refractivity contribution is 0.636. The van der Waals surface area contributed by atoms with E-state index < -0.39 is 0 Å². The summed E-state index contributed by atoms with van der Waals surface area (Å²) in [5.41, 5.74) is 1.06. The van der Waals surface area contributed by atoms with Gasteiger partial charge in [0.2, 0.25) is 0 Å². The Morgan fingerprint density at radius 3 is 2.50 bits per heavy atom. The zero-order valence-corrected chi connectivity index (χ0v) is 12.3. The van der Waals surface area contributed by atoms with Crippen molar-refractivity contribution in [2.75, 3.05) is 23.7 Å². The number of hydrogen-bond donors (Lipinski definition) is 2. The van der Waals surface area contributed by atoms with Gasteiger partial charge in [0, 0.05) is 37.5 Å². The summed E-state index contributed by atoms with van der Waals surface area (Å²) in [6.07, 6.45) is 4.57. The minimum absolute atomic E-state index is 0.786. The first kappa shape index (κ1) is 14.3. The highest BCUT2D eigenvalue weighted by Crippen LogP contribution is 2.19. The Morgan fingerprint density at radius 2 is 1.90 bits per heavy atom. The van der Waals surface area contributed by atoms with Gasteiger partial charge >= 0.3 is 0 Å². The molecule has 2 rings (SSSR count). The summed E-state index contributed by atoms with van der Waals surface area (Å²) in [6, 6.07) is 1.92. The SMILES string of the molecule is CCNc1nc(CC)nc(NCCn2cccn2)c1C. The Hall–Kier alpha value is -2.11. The van der Waals surface area contributed by atoms with E-state index in [4.69, 9.17) is 0 Å². The van der Waals surface area contributed by atoms with Crippen LogP contribution in [0.5, 0.6) is 0 Å². The quantitative estimate of drug-likeness (QED) is 0.809. The lowest BCUT2D eigenvalue weighted by atomic mass is 10.3. The van der Waals surface area contributed by atoms with Gasteiger partial charge in [-0.05, 0) is 19.9 Å². The molecule has 2 N–H and O–H groups in total. The zero-order chi connectivity index (χ0) is 14.4. The maximum Gasteiger partial charge on any atom is 0.134 e. The molecule has 0 radical (unpaired) electrons. The van der Waals surface area contributed by atoms with Crippen LogP contribution in [0, 0.1) is 6.92 Å². The molecule has 6 nitrogen and oxygen atoms in total. The summed E-state index contributed by atoms with van der Waals surface area (Å²) < 4.78 is 1.90. The van der Waals surface area contributed by atoms with Crippen LogP contribution in [-0.4, -0.2) is 32.8 Å². The van der Waals surface area contributed by atoms with E-state index in [1.807, 2.05) is 23.9 Å². The van der Waals surface area contributed by atoms with Gasteiger partial charge in [-0.2, -0.15) is 5.10 Å².